The monoisotopic (exact) mass is 330 g/mol. The van der Waals surface area contributed by atoms with Gasteiger partial charge in [-0.15, -0.1) is 11.8 Å². The van der Waals surface area contributed by atoms with Crippen LogP contribution in [0.3, 0.4) is 0 Å². The van der Waals surface area contributed by atoms with Crippen molar-refractivity contribution < 1.29 is 4.48 Å². The van der Waals surface area contributed by atoms with Crippen molar-refractivity contribution in [1.29, 1.82) is 0 Å². The van der Waals surface area contributed by atoms with Crippen LogP contribution in [0.15, 0.2) is 0 Å². The summed E-state index contributed by atoms with van der Waals surface area (Å²) < 4.78 is 1.20. The highest BCUT2D eigenvalue weighted by atomic mass is 32.2. The smallest absolute Gasteiger partial charge is 0.125 e. The number of hydrogen-bond donors (Lipinski definition) is 0. The van der Waals surface area contributed by atoms with Gasteiger partial charge in [-0.3, -0.25) is 0 Å². The van der Waals surface area contributed by atoms with E-state index in [0.29, 0.717) is 0 Å². The van der Waals surface area contributed by atoms with Crippen molar-refractivity contribution in [3.63, 3.8) is 0 Å². The molecule has 0 fully saturated rings. The Hall–Kier alpha value is 0.310. The molecule has 0 spiro atoms. The Morgan fingerprint density at radius 2 is 1.05 bits per heavy atom. The van der Waals surface area contributed by atoms with Crippen LogP contribution in [0.25, 0.3) is 0 Å². The minimum atomic E-state index is 1.20. The highest BCUT2D eigenvalue weighted by Crippen LogP contribution is 2.15. The molecular formula is C20H44NS+. The van der Waals surface area contributed by atoms with E-state index in [4.69, 9.17) is 0 Å². The minimum absolute atomic E-state index is 1.20. The molecule has 2 heteroatoms. The molecule has 1 nitrogen and oxygen atoms in total. The SMILES string of the molecule is CCCCCCCCCCCC[N+](C)(C)CSCCCCC. The van der Waals surface area contributed by atoms with Gasteiger partial charge in [-0.05, 0) is 25.0 Å². The summed E-state index contributed by atoms with van der Waals surface area (Å²) in [5.41, 5.74) is 0. The number of nitrogens with zero attached hydrogens (tertiary/aromatic N) is 1. The number of unbranched alkanes of at least 4 members (excludes halogenated alkanes) is 11. The molecule has 0 unspecified atom stereocenters. The Balaban J connectivity index is 3.30. The molecule has 0 aliphatic rings. The molecule has 0 saturated heterocycles. The summed E-state index contributed by atoms with van der Waals surface area (Å²) in [5.74, 6) is 2.65. The van der Waals surface area contributed by atoms with Crippen LogP contribution in [-0.2, 0) is 0 Å². The molecule has 0 radical (unpaired) electrons. The Morgan fingerprint density at radius 3 is 1.59 bits per heavy atom. The summed E-state index contributed by atoms with van der Waals surface area (Å²) in [6, 6.07) is 0. The second-order valence-corrected chi connectivity index (χ2v) is 8.66. The van der Waals surface area contributed by atoms with Crippen LogP contribution >= 0.6 is 11.8 Å². The molecule has 0 aromatic carbocycles. The second-order valence-electron chi connectivity index (χ2n) is 7.59. The summed E-state index contributed by atoms with van der Waals surface area (Å²) >= 11 is 2.15. The maximum atomic E-state index is 2.40. The first-order valence-corrected chi connectivity index (χ1v) is 11.2. The van der Waals surface area contributed by atoms with Crippen molar-refractivity contribution >= 4 is 11.8 Å². The summed E-state index contributed by atoms with van der Waals surface area (Å²) in [6.07, 6.45) is 18.6. The van der Waals surface area contributed by atoms with Crippen LogP contribution in [0.4, 0.5) is 0 Å². The van der Waals surface area contributed by atoms with Crippen molar-refractivity contribution in [2.24, 2.45) is 0 Å². The lowest BCUT2D eigenvalue weighted by atomic mass is 10.1. The summed E-state index contributed by atoms with van der Waals surface area (Å²) in [7, 11) is 4.81. The highest BCUT2D eigenvalue weighted by molar-refractivity contribution is 7.99. The maximum Gasteiger partial charge on any atom is 0.125 e. The summed E-state index contributed by atoms with van der Waals surface area (Å²) in [5, 5.41) is 0. The first kappa shape index (κ1) is 22.3. The topological polar surface area (TPSA) is 0 Å². The molecule has 0 aromatic rings. The lowest BCUT2D eigenvalue weighted by Gasteiger charge is -2.29. The van der Waals surface area contributed by atoms with Crippen LogP contribution in [0.2, 0.25) is 0 Å². The van der Waals surface area contributed by atoms with Crippen molar-refractivity contribution in [2.75, 3.05) is 32.3 Å². The largest absolute Gasteiger partial charge is 0.320 e. The average molecular weight is 331 g/mol. The van der Waals surface area contributed by atoms with E-state index in [1.165, 1.54) is 106 Å². The Bertz CT molecular complexity index is 216. The van der Waals surface area contributed by atoms with Gasteiger partial charge in [0, 0.05) is 0 Å². The molecule has 22 heavy (non-hydrogen) atoms. The summed E-state index contributed by atoms with van der Waals surface area (Å²) in [4.78, 5) is 0. The zero-order valence-electron chi connectivity index (χ0n) is 16.2. The third kappa shape index (κ3) is 16.7. The molecule has 0 atom stereocenters. The molecule has 0 amide bonds. The van der Waals surface area contributed by atoms with Gasteiger partial charge in [0.1, 0.15) is 5.88 Å². The van der Waals surface area contributed by atoms with Crippen LogP contribution in [-0.4, -0.2) is 36.8 Å². The zero-order valence-corrected chi connectivity index (χ0v) is 17.0. The van der Waals surface area contributed by atoms with Gasteiger partial charge in [0.05, 0.1) is 20.6 Å². The van der Waals surface area contributed by atoms with Gasteiger partial charge in [0.2, 0.25) is 0 Å². The van der Waals surface area contributed by atoms with Crippen LogP contribution < -0.4 is 0 Å². The van der Waals surface area contributed by atoms with E-state index in [9.17, 15) is 0 Å². The quantitative estimate of drug-likeness (QED) is 0.159. The van der Waals surface area contributed by atoms with Crippen molar-refractivity contribution in [2.45, 2.75) is 97.3 Å². The standard InChI is InChI=1S/C20H44NS/c1-5-7-9-10-11-12-13-14-15-16-18-21(3,4)20-22-19-17-8-6-2/h5-20H2,1-4H3/q+1. The van der Waals surface area contributed by atoms with Gasteiger partial charge in [0.25, 0.3) is 0 Å². The molecule has 0 bridgehead atoms. The highest BCUT2D eigenvalue weighted by Gasteiger charge is 2.13. The summed E-state index contributed by atoms with van der Waals surface area (Å²) in [6.45, 7) is 5.94. The van der Waals surface area contributed by atoms with Crippen LogP contribution in [0.1, 0.15) is 97.3 Å². The molecular weight excluding hydrogens is 286 g/mol. The van der Waals surface area contributed by atoms with E-state index in [1.54, 1.807) is 0 Å². The van der Waals surface area contributed by atoms with E-state index in [2.05, 4.69) is 39.7 Å². The molecule has 0 aliphatic carbocycles. The first-order valence-electron chi connectivity index (χ1n) is 10.0. The fraction of sp³-hybridized carbons (Fsp3) is 1.00. The zero-order chi connectivity index (χ0) is 16.5. The van der Waals surface area contributed by atoms with E-state index < -0.39 is 0 Å². The average Bonchev–Trinajstić information content (AvgIpc) is 2.49. The number of hydrogen-bond acceptors (Lipinski definition) is 1. The predicted molar refractivity (Wildman–Crippen MR) is 106 cm³/mol. The van der Waals surface area contributed by atoms with E-state index in [-0.39, 0.29) is 0 Å². The Labute approximate surface area is 146 Å². The predicted octanol–water partition coefficient (Wildman–Crippen LogP) is 6.86. The normalized spacial score (nSPS) is 12.0. The van der Waals surface area contributed by atoms with Crippen LogP contribution in [0, 0.1) is 0 Å². The number of rotatable bonds is 17. The molecule has 0 rings (SSSR count). The molecule has 0 N–H and O–H groups in total. The third-order valence-corrected chi connectivity index (χ3v) is 5.91. The number of thioether (sulfide) groups is 1. The fourth-order valence-corrected chi connectivity index (χ4v) is 4.02. The molecule has 134 valence electrons. The van der Waals surface area contributed by atoms with Gasteiger partial charge in [0.15, 0.2) is 0 Å². The maximum absolute atomic E-state index is 2.40. The van der Waals surface area contributed by atoms with Crippen molar-refractivity contribution in [3.8, 4) is 0 Å². The van der Waals surface area contributed by atoms with E-state index in [0.717, 1.165) is 0 Å². The van der Waals surface area contributed by atoms with Crippen molar-refractivity contribution in [3.05, 3.63) is 0 Å². The fourth-order valence-electron chi connectivity index (χ4n) is 2.86. The van der Waals surface area contributed by atoms with Crippen molar-refractivity contribution in [1.82, 2.24) is 0 Å². The van der Waals surface area contributed by atoms with Gasteiger partial charge in [-0.2, -0.15) is 0 Å². The molecule has 0 saturated carbocycles. The third-order valence-electron chi connectivity index (χ3n) is 4.45. The number of quaternary nitrogens is 1. The minimum Gasteiger partial charge on any atom is -0.320 e. The lowest BCUT2D eigenvalue weighted by molar-refractivity contribution is -0.877. The van der Waals surface area contributed by atoms with Gasteiger partial charge in [-0.1, -0.05) is 78.1 Å². The van der Waals surface area contributed by atoms with Crippen LogP contribution in [0.5, 0.6) is 0 Å². The van der Waals surface area contributed by atoms with Gasteiger partial charge >= 0.3 is 0 Å². The molecule has 0 aliphatic heterocycles. The van der Waals surface area contributed by atoms with E-state index >= 15 is 0 Å². The Morgan fingerprint density at radius 1 is 0.591 bits per heavy atom. The Kier molecular flexibility index (Phi) is 16.4. The van der Waals surface area contributed by atoms with E-state index in [1.807, 2.05) is 0 Å². The lowest BCUT2D eigenvalue weighted by Crippen LogP contribution is -2.40. The van der Waals surface area contributed by atoms with Gasteiger partial charge in [-0.25, -0.2) is 0 Å². The molecule has 0 aromatic heterocycles. The molecule has 0 heterocycles. The second kappa shape index (κ2) is 16.2. The first-order chi connectivity index (χ1) is 10.6. The van der Waals surface area contributed by atoms with Gasteiger partial charge < -0.3 is 4.48 Å².